The normalized spacial score (nSPS) is 10.3. The summed E-state index contributed by atoms with van der Waals surface area (Å²) < 4.78 is 24.1. The Bertz CT molecular complexity index is 698. The minimum absolute atomic E-state index is 0.208. The first-order chi connectivity index (χ1) is 9.97. The van der Waals surface area contributed by atoms with E-state index in [1.165, 1.54) is 32.4 Å². The number of ketones is 1. The van der Waals surface area contributed by atoms with Crippen molar-refractivity contribution >= 4 is 21.7 Å². The maximum atomic E-state index is 13.2. The largest absolute Gasteiger partial charge is 0.493 e. The van der Waals surface area contributed by atoms with Crippen LogP contribution in [0.25, 0.3) is 0 Å². The van der Waals surface area contributed by atoms with E-state index >= 15 is 0 Å². The van der Waals surface area contributed by atoms with E-state index in [0.29, 0.717) is 32.7 Å². The minimum atomic E-state index is -0.365. The van der Waals surface area contributed by atoms with E-state index in [1.807, 2.05) is 0 Å². The minimum Gasteiger partial charge on any atom is -0.493 e. The quantitative estimate of drug-likeness (QED) is 0.775. The Kier molecular flexibility index (Phi) is 4.63. The molecule has 5 heteroatoms. The lowest BCUT2D eigenvalue weighted by Crippen LogP contribution is -2.06. The topological polar surface area (TPSA) is 35.5 Å². The summed E-state index contributed by atoms with van der Waals surface area (Å²) in [5.74, 6) is 0.413. The first-order valence-electron chi connectivity index (χ1n) is 6.20. The summed E-state index contributed by atoms with van der Waals surface area (Å²) in [6.07, 6.45) is 0. The van der Waals surface area contributed by atoms with Crippen molar-refractivity contribution in [2.24, 2.45) is 0 Å². The average molecular weight is 353 g/mol. The van der Waals surface area contributed by atoms with Crippen LogP contribution in [0.15, 0.2) is 34.8 Å². The van der Waals surface area contributed by atoms with Crippen LogP contribution in [0.1, 0.15) is 21.5 Å². The molecule has 0 saturated heterocycles. The summed E-state index contributed by atoms with van der Waals surface area (Å²) in [6, 6.07) is 7.37. The van der Waals surface area contributed by atoms with E-state index < -0.39 is 0 Å². The molecule has 0 bridgehead atoms. The Hall–Kier alpha value is -1.88. The van der Waals surface area contributed by atoms with Gasteiger partial charge < -0.3 is 9.47 Å². The number of halogens is 2. The van der Waals surface area contributed by atoms with Crippen molar-refractivity contribution in [3.63, 3.8) is 0 Å². The van der Waals surface area contributed by atoms with Gasteiger partial charge in [0.25, 0.3) is 0 Å². The zero-order valence-corrected chi connectivity index (χ0v) is 13.5. The zero-order chi connectivity index (χ0) is 15.6. The number of hydrogen-bond acceptors (Lipinski definition) is 3. The molecule has 0 aliphatic heterocycles. The summed E-state index contributed by atoms with van der Waals surface area (Å²) in [5.41, 5.74) is 1.47. The van der Waals surface area contributed by atoms with E-state index in [2.05, 4.69) is 15.9 Å². The smallest absolute Gasteiger partial charge is 0.194 e. The Balaban J connectivity index is 2.53. The van der Waals surface area contributed by atoms with Gasteiger partial charge in [0, 0.05) is 15.6 Å². The van der Waals surface area contributed by atoms with Crippen LogP contribution in [-0.4, -0.2) is 20.0 Å². The summed E-state index contributed by atoms with van der Waals surface area (Å²) in [6.45, 7) is 1.70. The number of carbonyl (C=O) groups excluding carboxylic acids is 1. The molecule has 21 heavy (non-hydrogen) atoms. The van der Waals surface area contributed by atoms with Crippen molar-refractivity contribution in [1.29, 1.82) is 0 Å². The van der Waals surface area contributed by atoms with E-state index in [-0.39, 0.29) is 11.6 Å². The van der Waals surface area contributed by atoms with Crippen LogP contribution in [0.3, 0.4) is 0 Å². The fourth-order valence-electron chi connectivity index (χ4n) is 2.06. The highest BCUT2D eigenvalue weighted by atomic mass is 79.9. The van der Waals surface area contributed by atoms with E-state index in [1.54, 1.807) is 19.1 Å². The summed E-state index contributed by atoms with van der Waals surface area (Å²) >= 11 is 3.36. The first-order valence-corrected chi connectivity index (χ1v) is 6.99. The van der Waals surface area contributed by atoms with Gasteiger partial charge in [-0.2, -0.15) is 0 Å². The van der Waals surface area contributed by atoms with Gasteiger partial charge in [0.05, 0.1) is 14.2 Å². The molecule has 0 amide bonds. The van der Waals surface area contributed by atoms with Crippen molar-refractivity contribution < 1.29 is 18.7 Å². The van der Waals surface area contributed by atoms with Crippen molar-refractivity contribution in [1.82, 2.24) is 0 Å². The van der Waals surface area contributed by atoms with Gasteiger partial charge in [-0.3, -0.25) is 4.79 Å². The third kappa shape index (κ3) is 3.08. The van der Waals surface area contributed by atoms with Gasteiger partial charge >= 0.3 is 0 Å². The standard InChI is InChI=1S/C16H14BrFO3/c1-9-6-10(18)4-5-11(9)16(19)12-7-14(20-2)15(21-3)8-13(12)17/h4-8H,1-3H3. The highest BCUT2D eigenvalue weighted by Crippen LogP contribution is 2.34. The number of ether oxygens (including phenoxy) is 2. The Morgan fingerprint density at radius 3 is 2.24 bits per heavy atom. The number of benzene rings is 2. The SMILES string of the molecule is COc1cc(Br)c(C(=O)c2ccc(F)cc2C)cc1OC. The molecule has 110 valence electrons. The lowest BCUT2D eigenvalue weighted by molar-refractivity contribution is 0.103. The third-order valence-electron chi connectivity index (χ3n) is 3.15. The van der Waals surface area contributed by atoms with E-state index in [0.717, 1.165) is 0 Å². The van der Waals surface area contributed by atoms with Gasteiger partial charge in [-0.05, 0) is 58.7 Å². The molecule has 0 radical (unpaired) electrons. The lowest BCUT2D eigenvalue weighted by atomic mass is 9.98. The van der Waals surface area contributed by atoms with Crippen molar-refractivity contribution in [3.8, 4) is 11.5 Å². The van der Waals surface area contributed by atoms with Gasteiger partial charge in [0.2, 0.25) is 0 Å². The molecule has 0 aliphatic rings. The Morgan fingerprint density at radius 2 is 1.67 bits per heavy atom. The zero-order valence-electron chi connectivity index (χ0n) is 11.9. The molecule has 0 aromatic heterocycles. The predicted molar refractivity (Wildman–Crippen MR) is 81.8 cm³/mol. The maximum absolute atomic E-state index is 13.2. The number of hydrogen-bond donors (Lipinski definition) is 0. The van der Waals surface area contributed by atoms with Gasteiger partial charge in [-0.1, -0.05) is 0 Å². The molecule has 0 fully saturated rings. The van der Waals surface area contributed by atoms with Gasteiger partial charge in [0.1, 0.15) is 5.82 Å². The summed E-state index contributed by atoms with van der Waals surface area (Å²) in [7, 11) is 3.03. The number of rotatable bonds is 4. The molecule has 0 heterocycles. The molecule has 0 N–H and O–H groups in total. The molecular formula is C16H14BrFO3. The first kappa shape index (κ1) is 15.5. The van der Waals surface area contributed by atoms with Gasteiger partial charge in [-0.15, -0.1) is 0 Å². The number of carbonyl (C=O) groups is 1. The fourth-order valence-corrected chi connectivity index (χ4v) is 2.56. The maximum Gasteiger partial charge on any atom is 0.194 e. The second-order valence-corrected chi connectivity index (χ2v) is 5.33. The van der Waals surface area contributed by atoms with Crippen LogP contribution in [0.5, 0.6) is 11.5 Å². The summed E-state index contributed by atoms with van der Waals surface area (Å²) in [5, 5.41) is 0. The van der Waals surface area contributed by atoms with Crippen molar-refractivity contribution in [2.45, 2.75) is 6.92 Å². The van der Waals surface area contributed by atoms with E-state index in [9.17, 15) is 9.18 Å². The highest BCUT2D eigenvalue weighted by molar-refractivity contribution is 9.10. The second-order valence-electron chi connectivity index (χ2n) is 4.48. The van der Waals surface area contributed by atoms with Crippen LogP contribution in [0.2, 0.25) is 0 Å². The van der Waals surface area contributed by atoms with Gasteiger partial charge in [-0.25, -0.2) is 4.39 Å². The molecule has 0 saturated carbocycles. The molecule has 0 spiro atoms. The molecule has 2 aromatic rings. The highest BCUT2D eigenvalue weighted by Gasteiger charge is 2.18. The van der Waals surface area contributed by atoms with Crippen LogP contribution in [0.4, 0.5) is 4.39 Å². The molecule has 2 aromatic carbocycles. The molecule has 0 unspecified atom stereocenters. The van der Waals surface area contributed by atoms with Crippen LogP contribution < -0.4 is 9.47 Å². The van der Waals surface area contributed by atoms with Crippen molar-refractivity contribution in [2.75, 3.05) is 14.2 Å². The van der Waals surface area contributed by atoms with Crippen LogP contribution >= 0.6 is 15.9 Å². The Morgan fingerprint density at radius 1 is 1.05 bits per heavy atom. The predicted octanol–water partition coefficient (Wildman–Crippen LogP) is 4.14. The second kappa shape index (κ2) is 6.26. The molecule has 0 atom stereocenters. The Labute approximate surface area is 130 Å². The molecule has 3 nitrogen and oxygen atoms in total. The fraction of sp³-hybridized carbons (Fsp3) is 0.188. The van der Waals surface area contributed by atoms with Crippen LogP contribution in [-0.2, 0) is 0 Å². The van der Waals surface area contributed by atoms with Gasteiger partial charge in [0.15, 0.2) is 17.3 Å². The van der Waals surface area contributed by atoms with Crippen molar-refractivity contribution in [3.05, 3.63) is 57.3 Å². The molecular weight excluding hydrogens is 339 g/mol. The number of aryl methyl sites for hydroxylation is 1. The lowest BCUT2D eigenvalue weighted by Gasteiger charge is -2.12. The monoisotopic (exact) mass is 352 g/mol. The van der Waals surface area contributed by atoms with Crippen LogP contribution in [0, 0.1) is 12.7 Å². The van der Waals surface area contributed by atoms with E-state index in [4.69, 9.17) is 9.47 Å². The average Bonchev–Trinajstić information content (AvgIpc) is 2.46. The molecule has 2 rings (SSSR count). The summed E-state index contributed by atoms with van der Waals surface area (Å²) in [4.78, 5) is 12.6. The third-order valence-corrected chi connectivity index (χ3v) is 3.81. The molecule has 0 aliphatic carbocycles. The number of methoxy groups -OCH3 is 2.